The Morgan fingerprint density at radius 1 is 0.333 bits per heavy atom. The van der Waals surface area contributed by atoms with E-state index in [9.17, 15) is 0 Å². The van der Waals surface area contributed by atoms with Crippen molar-refractivity contribution in [2.24, 2.45) is 0 Å². The molecule has 0 rings (SSSR count). The maximum Gasteiger partial charge on any atom is 2.00 e. The second-order valence-corrected chi connectivity index (χ2v) is 0. The number of hydrogen-bond donors (Lipinski definition) is 0. The average molecular weight is 207 g/mol. The minimum Gasteiger partial charge on any atom is -2.00 e. The second kappa shape index (κ2) is 4810. The van der Waals surface area contributed by atoms with E-state index in [1.54, 1.807) is 0 Å². The van der Waals surface area contributed by atoms with Crippen LogP contribution in [0, 0.1) is 0 Å². The molecule has 0 bridgehead atoms. The van der Waals surface area contributed by atoms with E-state index in [-0.39, 0.29) is 63.3 Å². The third kappa shape index (κ3) is 3580. The summed E-state index contributed by atoms with van der Waals surface area (Å²) in [6.07, 6.45) is 0. The van der Waals surface area contributed by atoms with E-state index in [0.717, 1.165) is 0 Å². The van der Waals surface area contributed by atoms with Crippen LogP contribution in [-0.4, -0.2) is 38.3 Å². The fraction of sp³-hybridized carbons (Fsp3) is 0. The molecule has 0 amide bonds. The first-order valence-electron chi connectivity index (χ1n) is 0. The van der Waals surface area contributed by atoms with E-state index < -0.39 is 0 Å². The van der Waals surface area contributed by atoms with Crippen LogP contribution >= 0.6 is 0 Å². The molecule has 0 aromatic rings. The zero-order valence-electron chi connectivity index (χ0n) is 4.62. The van der Waals surface area contributed by atoms with Crippen molar-refractivity contribution < 1.29 is 63.3 Å². The smallest absolute Gasteiger partial charge is 2.00 e. The maximum atomic E-state index is 0. The van der Waals surface area contributed by atoms with Gasteiger partial charge in [0.2, 0.25) is 0 Å². The summed E-state index contributed by atoms with van der Waals surface area (Å²) in [7, 11) is 0. The Labute approximate surface area is 64.1 Å². The fourth-order valence-corrected chi connectivity index (χ4v) is 0. The van der Waals surface area contributed by atoms with Gasteiger partial charge >= 0.3 is 19.5 Å². The molecule has 0 aromatic heterocycles. The summed E-state index contributed by atoms with van der Waals surface area (Å²) in [5.74, 6) is 0. The van der Waals surface area contributed by atoms with Gasteiger partial charge in [-0.05, 0) is 0 Å². The van der Waals surface area contributed by atoms with Gasteiger partial charge in [0, 0.05) is 0 Å². The summed E-state index contributed by atoms with van der Waals surface area (Å²) in [5, 5.41) is 0. The van der Waals surface area contributed by atoms with Crippen LogP contribution < -0.4 is 0 Å². The zero-order chi connectivity index (χ0) is 0. The largest absolute Gasteiger partial charge is 2.00 e. The van der Waals surface area contributed by atoms with Crippen LogP contribution in [0.1, 0.15) is 0 Å². The van der Waals surface area contributed by atoms with Gasteiger partial charge in [-0.2, -0.15) is 0 Å². The van der Waals surface area contributed by atoms with Gasteiger partial charge in [-0.25, -0.2) is 0 Å². The van der Waals surface area contributed by atoms with E-state index >= 15 is 0 Å². The molecule has 0 saturated heterocycles. The standard InChI is InChI=1S/7H2O.O.Zn/h7*1H2;;/q;;;;;;;-2;+2. The molecule has 0 atom stereocenters. The molecule has 0 saturated carbocycles. The molecule has 14 N–H and O–H groups in total. The Balaban J connectivity index is 0. The molecule has 0 radical (unpaired) electrons. The van der Waals surface area contributed by atoms with E-state index in [2.05, 4.69) is 0 Å². The van der Waals surface area contributed by atoms with Gasteiger partial charge in [-0.1, -0.05) is 0 Å². The molecule has 9 heavy (non-hydrogen) atoms. The fourth-order valence-electron chi connectivity index (χ4n) is 0. The molecule has 0 spiro atoms. The first-order chi connectivity index (χ1) is 0. The van der Waals surface area contributed by atoms with Crippen molar-refractivity contribution in [2.45, 2.75) is 0 Å². The molecule has 0 aliphatic carbocycles. The molecule has 0 fully saturated rings. The average Bonchev–Trinajstić information content (AvgIpc) is 0. The number of hydrogen-bond acceptors (Lipinski definition) is 0. The number of rotatable bonds is 0. The zero-order valence-corrected chi connectivity index (χ0v) is 7.58. The minimum atomic E-state index is 0. The summed E-state index contributed by atoms with van der Waals surface area (Å²) in [6, 6.07) is 0. The van der Waals surface area contributed by atoms with Gasteiger partial charge in [0.05, 0.1) is 0 Å². The van der Waals surface area contributed by atoms with Crippen molar-refractivity contribution in [1.29, 1.82) is 0 Å². The normalized spacial score (nSPS) is 0. The van der Waals surface area contributed by atoms with E-state index in [4.69, 9.17) is 0 Å². The quantitative estimate of drug-likeness (QED) is 0.336. The van der Waals surface area contributed by atoms with Gasteiger partial charge in [0.1, 0.15) is 0 Å². The van der Waals surface area contributed by atoms with Gasteiger partial charge in [0.25, 0.3) is 0 Å². The van der Waals surface area contributed by atoms with Crippen molar-refractivity contribution in [3.05, 3.63) is 0 Å². The Hall–Kier alpha value is 0.303. The van der Waals surface area contributed by atoms with Crippen LogP contribution in [-0.2, 0) is 25.0 Å². The summed E-state index contributed by atoms with van der Waals surface area (Å²) < 4.78 is 0. The Morgan fingerprint density at radius 2 is 0.333 bits per heavy atom. The van der Waals surface area contributed by atoms with Crippen molar-refractivity contribution in [3.63, 3.8) is 0 Å². The summed E-state index contributed by atoms with van der Waals surface area (Å²) in [4.78, 5) is 0. The van der Waals surface area contributed by atoms with Crippen LogP contribution in [0.5, 0.6) is 0 Å². The molecule has 64 valence electrons. The van der Waals surface area contributed by atoms with Crippen LogP contribution in [0.25, 0.3) is 0 Å². The molecule has 8 nitrogen and oxygen atoms in total. The molecular weight excluding hydrogens is 193 g/mol. The molecule has 0 aromatic carbocycles. The van der Waals surface area contributed by atoms with E-state index in [1.165, 1.54) is 0 Å². The van der Waals surface area contributed by atoms with Gasteiger partial charge in [0.15, 0.2) is 0 Å². The molecule has 0 heterocycles. The summed E-state index contributed by atoms with van der Waals surface area (Å²) in [6.45, 7) is 0. The van der Waals surface area contributed by atoms with Crippen LogP contribution in [0.2, 0.25) is 0 Å². The molecule has 0 unspecified atom stereocenters. The summed E-state index contributed by atoms with van der Waals surface area (Å²) >= 11 is 0. The molecule has 0 aliphatic heterocycles. The third-order valence-corrected chi connectivity index (χ3v) is 0. The monoisotopic (exact) mass is 206 g/mol. The maximum absolute atomic E-state index is 0. The predicted molar refractivity (Wildman–Crippen MR) is 26.0 cm³/mol. The van der Waals surface area contributed by atoms with Crippen molar-refractivity contribution in [2.75, 3.05) is 0 Å². The molecule has 9 heteroatoms. The minimum absolute atomic E-state index is 0. The van der Waals surface area contributed by atoms with Gasteiger partial charge < -0.3 is 43.8 Å². The first-order valence-corrected chi connectivity index (χ1v) is 0. The van der Waals surface area contributed by atoms with Crippen LogP contribution in [0.3, 0.4) is 0 Å². The van der Waals surface area contributed by atoms with E-state index in [0.29, 0.717) is 0 Å². The van der Waals surface area contributed by atoms with Crippen LogP contribution in [0.15, 0.2) is 0 Å². The molecular formula is H14O8Zn. The van der Waals surface area contributed by atoms with Crippen molar-refractivity contribution in [1.82, 2.24) is 0 Å². The van der Waals surface area contributed by atoms with Crippen LogP contribution in [0.4, 0.5) is 0 Å². The molecule has 0 aliphatic rings. The Morgan fingerprint density at radius 3 is 0.333 bits per heavy atom. The first kappa shape index (κ1) is 6970. The van der Waals surface area contributed by atoms with Crippen molar-refractivity contribution >= 4 is 0 Å². The Bertz CT molecular complexity index is 4.53. The van der Waals surface area contributed by atoms with Gasteiger partial charge in [-0.3, -0.25) is 0 Å². The van der Waals surface area contributed by atoms with Crippen molar-refractivity contribution in [3.8, 4) is 0 Å². The summed E-state index contributed by atoms with van der Waals surface area (Å²) in [5.41, 5.74) is 0. The van der Waals surface area contributed by atoms with Gasteiger partial charge in [-0.15, -0.1) is 0 Å². The SMILES string of the molecule is O.O.O.O.O.O.O.[O-2].[Zn+2]. The Kier molecular flexibility index (Phi) is 3730000. The predicted octanol–water partition coefficient (Wildman–Crippen LogP) is -5.89. The van der Waals surface area contributed by atoms with E-state index in [1.807, 2.05) is 0 Å². The third-order valence-electron chi connectivity index (χ3n) is 0. The topological polar surface area (TPSA) is 249 Å². The second-order valence-electron chi connectivity index (χ2n) is 0.